The van der Waals surface area contributed by atoms with Crippen molar-refractivity contribution >= 4 is 69.5 Å². The molecule has 0 spiro atoms. The number of carbonyl (C=O) groups excluding carboxylic acids is 3. The van der Waals surface area contributed by atoms with Gasteiger partial charge in [0.05, 0.1) is 23.5 Å². The Morgan fingerprint density at radius 3 is 2.62 bits per heavy atom. The van der Waals surface area contributed by atoms with Gasteiger partial charge in [0.2, 0.25) is 0 Å². The number of hydrogen-bond donors (Lipinski definition) is 1. The van der Waals surface area contributed by atoms with Gasteiger partial charge in [0.25, 0.3) is 11.8 Å². The monoisotopic (exact) mass is 570 g/mol. The van der Waals surface area contributed by atoms with Gasteiger partial charge in [-0.1, -0.05) is 12.1 Å². The van der Waals surface area contributed by atoms with Gasteiger partial charge in [-0.2, -0.15) is 0 Å². The van der Waals surface area contributed by atoms with Gasteiger partial charge in [-0.15, -0.1) is 0 Å². The zero-order chi connectivity index (χ0) is 23.4. The molecule has 2 aromatic rings. The van der Waals surface area contributed by atoms with E-state index in [0.717, 1.165) is 4.90 Å². The number of nitrogens with zero attached hydrogens (tertiary/aromatic N) is 1. The molecule has 2 amide bonds. The topological polar surface area (TPSA) is 94.2 Å². The zero-order valence-electron chi connectivity index (χ0n) is 16.8. The van der Waals surface area contributed by atoms with Gasteiger partial charge < -0.3 is 14.2 Å². The first-order chi connectivity index (χ1) is 15.3. The van der Waals surface area contributed by atoms with E-state index in [9.17, 15) is 18.8 Å². The molecule has 1 fully saturated rings. The van der Waals surface area contributed by atoms with E-state index in [-0.39, 0.29) is 28.7 Å². The van der Waals surface area contributed by atoms with Gasteiger partial charge in [0, 0.05) is 0 Å². The summed E-state index contributed by atoms with van der Waals surface area (Å²) in [5.74, 6) is -2.15. The Kier molecular flexibility index (Phi) is 7.40. The Bertz CT molecular complexity index is 1150. The molecular formula is C21H16FIN2O6S. The fraction of sp³-hybridized carbons (Fsp3) is 0.143. The summed E-state index contributed by atoms with van der Waals surface area (Å²) in [6.45, 7) is -0.320. The summed E-state index contributed by atoms with van der Waals surface area (Å²) in [5, 5.41) is 2.18. The first kappa shape index (κ1) is 23.6. The number of hydrogen-bond acceptors (Lipinski definition) is 7. The summed E-state index contributed by atoms with van der Waals surface area (Å²) in [6.07, 6.45) is 1.34. The molecule has 3 rings (SSSR count). The number of para-hydroxylation sites is 1. The SMILES string of the molecule is COC(=O)COc1c(I)cc(/C=C2\C(=O)NC(=S)N(c3ccccc3F)C2=O)cc1OC. The van der Waals surface area contributed by atoms with Crippen LogP contribution in [0.25, 0.3) is 6.08 Å². The smallest absolute Gasteiger partial charge is 0.343 e. The molecule has 1 aliphatic rings. The lowest BCUT2D eigenvalue weighted by molar-refractivity contribution is -0.143. The number of benzene rings is 2. The van der Waals surface area contributed by atoms with Crippen LogP contribution in [-0.2, 0) is 19.1 Å². The predicted octanol–water partition coefficient (Wildman–Crippen LogP) is 2.82. The van der Waals surface area contributed by atoms with Crippen molar-refractivity contribution in [3.63, 3.8) is 0 Å². The molecule has 0 aliphatic carbocycles. The van der Waals surface area contributed by atoms with Crippen LogP contribution in [0.5, 0.6) is 11.5 Å². The molecule has 0 atom stereocenters. The Morgan fingerprint density at radius 2 is 1.97 bits per heavy atom. The van der Waals surface area contributed by atoms with Crippen LogP contribution in [0, 0.1) is 9.39 Å². The van der Waals surface area contributed by atoms with E-state index >= 15 is 0 Å². The average Bonchev–Trinajstić information content (AvgIpc) is 2.76. The zero-order valence-corrected chi connectivity index (χ0v) is 19.8. The summed E-state index contributed by atoms with van der Waals surface area (Å²) < 4.78 is 30.2. The fourth-order valence-corrected chi connectivity index (χ4v) is 3.88. The van der Waals surface area contributed by atoms with Gasteiger partial charge in [0.15, 0.2) is 23.2 Å². The number of ether oxygens (including phenoxy) is 3. The molecule has 2 aromatic carbocycles. The van der Waals surface area contributed by atoms with E-state index in [2.05, 4.69) is 10.1 Å². The molecule has 0 unspecified atom stereocenters. The summed E-state index contributed by atoms with van der Waals surface area (Å²) in [5.41, 5.74) is 0.117. The predicted molar refractivity (Wildman–Crippen MR) is 126 cm³/mol. The Balaban J connectivity index is 1.99. The highest BCUT2D eigenvalue weighted by Crippen LogP contribution is 2.35. The molecule has 166 valence electrons. The van der Waals surface area contributed by atoms with Crippen molar-refractivity contribution in [1.29, 1.82) is 0 Å². The third-order valence-corrected chi connectivity index (χ3v) is 5.41. The number of halogens is 2. The van der Waals surface area contributed by atoms with Crippen molar-refractivity contribution in [3.05, 3.63) is 56.9 Å². The standard InChI is InChI=1S/C21H16FIN2O6S/c1-29-16-9-11(8-14(23)18(16)31-10-17(26)30-2)7-12-19(27)24-21(32)25(20(12)28)15-6-4-3-5-13(15)22/h3-9H,10H2,1-2H3,(H,24,27,32)/b12-7+. The van der Waals surface area contributed by atoms with E-state index in [1.807, 2.05) is 22.6 Å². The number of anilines is 1. The number of amides is 2. The number of esters is 1. The van der Waals surface area contributed by atoms with Crippen molar-refractivity contribution in [3.8, 4) is 11.5 Å². The molecule has 0 saturated carbocycles. The Hall–Kier alpha value is -3.06. The third-order valence-electron chi connectivity index (χ3n) is 4.32. The van der Waals surface area contributed by atoms with E-state index in [4.69, 9.17) is 21.7 Å². The van der Waals surface area contributed by atoms with Gasteiger partial charge >= 0.3 is 5.97 Å². The van der Waals surface area contributed by atoms with Crippen LogP contribution >= 0.6 is 34.8 Å². The Labute approximate surface area is 201 Å². The highest BCUT2D eigenvalue weighted by atomic mass is 127. The maximum Gasteiger partial charge on any atom is 0.343 e. The molecule has 1 N–H and O–H groups in total. The molecule has 1 aliphatic heterocycles. The van der Waals surface area contributed by atoms with Crippen LogP contribution in [0.15, 0.2) is 42.0 Å². The lowest BCUT2D eigenvalue weighted by Gasteiger charge is -2.29. The fourth-order valence-electron chi connectivity index (χ4n) is 2.83. The normalized spacial score (nSPS) is 14.9. The van der Waals surface area contributed by atoms with Gasteiger partial charge in [-0.05, 0) is 70.7 Å². The second-order valence-electron chi connectivity index (χ2n) is 6.31. The average molecular weight is 570 g/mol. The van der Waals surface area contributed by atoms with Gasteiger partial charge in [-0.25, -0.2) is 14.1 Å². The number of carbonyl (C=O) groups is 3. The molecule has 11 heteroatoms. The van der Waals surface area contributed by atoms with Crippen LogP contribution in [0.3, 0.4) is 0 Å². The molecule has 0 aromatic heterocycles. The molecular weight excluding hydrogens is 554 g/mol. The van der Waals surface area contributed by atoms with E-state index in [1.54, 1.807) is 12.1 Å². The van der Waals surface area contributed by atoms with Crippen molar-refractivity contribution in [1.82, 2.24) is 5.32 Å². The van der Waals surface area contributed by atoms with Crippen molar-refractivity contribution in [2.45, 2.75) is 0 Å². The minimum Gasteiger partial charge on any atom is -0.493 e. The van der Waals surface area contributed by atoms with Crippen molar-refractivity contribution < 1.29 is 33.0 Å². The maximum atomic E-state index is 14.3. The van der Waals surface area contributed by atoms with E-state index in [1.165, 1.54) is 44.6 Å². The third kappa shape index (κ3) is 4.88. The molecule has 1 heterocycles. The molecule has 32 heavy (non-hydrogen) atoms. The van der Waals surface area contributed by atoms with Crippen LogP contribution in [0.1, 0.15) is 5.56 Å². The second kappa shape index (κ2) is 10.0. The molecule has 1 saturated heterocycles. The number of methoxy groups -OCH3 is 2. The minimum absolute atomic E-state index is 0.0767. The van der Waals surface area contributed by atoms with Crippen LogP contribution in [-0.4, -0.2) is 43.7 Å². The molecule has 8 nitrogen and oxygen atoms in total. The summed E-state index contributed by atoms with van der Waals surface area (Å²) >= 11 is 7.05. The van der Waals surface area contributed by atoms with E-state index in [0.29, 0.717) is 14.9 Å². The second-order valence-corrected chi connectivity index (χ2v) is 7.86. The lowest BCUT2D eigenvalue weighted by atomic mass is 10.1. The van der Waals surface area contributed by atoms with Crippen molar-refractivity contribution in [2.24, 2.45) is 0 Å². The lowest BCUT2D eigenvalue weighted by Crippen LogP contribution is -2.54. The number of rotatable bonds is 6. The first-order valence-electron chi connectivity index (χ1n) is 9.00. The van der Waals surface area contributed by atoms with Crippen LogP contribution in [0.2, 0.25) is 0 Å². The Morgan fingerprint density at radius 1 is 1.25 bits per heavy atom. The minimum atomic E-state index is -0.774. The van der Waals surface area contributed by atoms with Crippen molar-refractivity contribution in [2.75, 3.05) is 25.7 Å². The largest absolute Gasteiger partial charge is 0.493 e. The van der Waals surface area contributed by atoms with Gasteiger partial charge in [-0.3, -0.25) is 14.9 Å². The molecule has 0 bridgehead atoms. The summed E-state index contributed by atoms with van der Waals surface area (Å²) in [6, 6.07) is 8.75. The summed E-state index contributed by atoms with van der Waals surface area (Å²) in [4.78, 5) is 37.8. The quantitative estimate of drug-likeness (QED) is 0.188. The van der Waals surface area contributed by atoms with Crippen LogP contribution < -0.4 is 19.7 Å². The van der Waals surface area contributed by atoms with E-state index < -0.39 is 23.6 Å². The number of thiocarbonyl (C=S) groups is 1. The first-order valence-corrected chi connectivity index (χ1v) is 10.5. The van der Waals surface area contributed by atoms with Crippen LogP contribution in [0.4, 0.5) is 10.1 Å². The van der Waals surface area contributed by atoms with Gasteiger partial charge in [0.1, 0.15) is 11.4 Å². The highest BCUT2D eigenvalue weighted by molar-refractivity contribution is 14.1. The molecule has 0 radical (unpaired) electrons. The summed E-state index contributed by atoms with van der Waals surface area (Å²) in [7, 11) is 2.65. The highest BCUT2D eigenvalue weighted by Gasteiger charge is 2.35. The number of nitrogens with one attached hydrogen (secondary N) is 1. The maximum absolute atomic E-state index is 14.3.